The number of sulfonamides is 1. The summed E-state index contributed by atoms with van der Waals surface area (Å²) in [6.07, 6.45) is 3.98. The number of carbonyl (C=O) groups is 1. The van der Waals surface area contributed by atoms with Gasteiger partial charge in [-0.25, -0.2) is 13.1 Å². The molecule has 1 fully saturated rings. The van der Waals surface area contributed by atoms with Gasteiger partial charge in [-0.05, 0) is 43.1 Å². The first-order valence-electron chi connectivity index (χ1n) is 10.3. The molecule has 30 heavy (non-hydrogen) atoms. The van der Waals surface area contributed by atoms with Crippen LogP contribution in [0.4, 0.5) is 0 Å². The lowest BCUT2D eigenvalue weighted by Gasteiger charge is -2.28. The van der Waals surface area contributed by atoms with Gasteiger partial charge < -0.3 is 5.32 Å². The summed E-state index contributed by atoms with van der Waals surface area (Å²) in [6.45, 7) is 2.64. The molecule has 0 radical (unpaired) electrons. The normalized spacial score (nSPS) is 16.0. The number of nitrogens with one attached hydrogen (secondary N) is 2. The highest BCUT2D eigenvalue weighted by molar-refractivity contribution is 7.92. The first-order valence-corrected chi connectivity index (χ1v) is 11.9. The molecule has 0 aliphatic carbocycles. The molecule has 1 heterocycles. The monoisotopic (exact) mass is 427 g/mol. The highest BCUT2D eigenvalue weighted by Gasteiger charge is 2.23. The molecule has 6 nitrogen and oxygen atoms in total. The summed E-state index contributed by atoms with van der Waals surface area (Å²) in [5.41, 5.74) is 1.99. The molecule has 1 amide bonds. The lowest BCUT2D eigenvalue weighted by atomic mass is 10.1. The van der Waals surface area contributed by atoms with Crippen LogP contribution in [0.2, 0.25) is 0 Å². The van der Waals surface area contributed by atoms with Crippen molar-refractivity contribution >= 4 is 22.0 Å². The van der Waals surface area contributed by atoms with Crippen molar-refractivity contribution in [3.8, 4) is 0 Å². The Morgan fingerprint density at radius 2 is 1.63 bits per heavy atom. The van der Waals surface area contributed by atoms with Crippen molar-refractivity contribution < 1.29 is 13.2 Å². The zero-order chi connectivity index (χ0) is 21.2. The maximum absolute atomic E-state index is 12.3. The van der Waals surface area contributed by atoms with Gasteiger partial charge in [-0.1, -0.05) is 60.7 Å². The number of amides is 1. The van der Waals surface area contributed by atoms with E-state index in [1.165, 1.54) is 24.5 Å². The molecule has 2 aromatic carbocycles. The van der Waals surface area contributed by atoms with Gasteiger partial charge in [-0.3, -0.25) is 9.69 Å². The second-order valence-corrected chi connectivity index (χ2v) is 9.03. The zero-order valence-electron chi connectivity index (χ0n) is 17.0. The van der Waals surface area contributed by atoms with Crippen LogP contribution >= 0.6 is 0 Å². The van der Waals surface area contributed by atoms with Crippen LogP contribution in [0.5, 0.6) is 0 Å². The van der Waals surface area contributed by atoms with E-state index in [-0.39, 0.29) is 24.9 Å². The molecule has 2 aromatic rings. The summed E-state index contributed by atoms with van der Waals surface area (Å²) in [5, 5.41) is 4.09. The minimum absolute atomic E-state index is 0.0625. The maximum atomic E-state index is 12.3. The quantitative estimate of drug-likeness (QED) is 0.611. The number of hydrogen-bond donors (Lipinski definition) is 2. The van der Waals surface area contributed by atoms with Crippen LogP contribution in [0.3, 0.4) is 0 Å². The highest BCUT2D eigenvalue weighted by atomic mass is 32.2. The molecule has 1 saturated heterocycles. The number of hydrogen-bond acceptors (Lipinski definition) is 4. The summed E-state index contributed by atoms with van der Waals surface area (Å²) in [7, 11) is -3.58. The Hall–Kier alpha value is -2.48. The lowest BCUT2D eigenvalue weighted by molar-refractivity contribution is -0.121. The molecule has 0 bridgehead atoms. The van der Waals surface area contributed by atoms with Crippen molar-refractivity contribution in [3.05, 3.63) is 77.2 Å². The molecule has 2 N–H and O–H groups in total. The van der Waals surface area contributed by atoms with E-state index in [9.17, 15) is 13.2 Å². The van der Waals surface area contributed by atoms with E-state index >= 15 is 0 Å². The third-order valence-corrected chi connectivity index (χ3v) is 6.25. The molecule has 3 rings (SSSR count). The van der Waals surface area contributed by atoms with E-state index in [0.717, 1.165) is 24.1 Å². The average Bonchev–Trinajstić information content (AvgIpc) is 3.28. The van der Waals surface area contributed by atoms with Crippen molar-refractivity contribution in [1.82, 2.24) is 14.9 Å². The first kappa shape index (κ1) is 22.2. The lowest BCUT2D eigenvalue weighted by Crippen LogP contribution is -2.37. The Balaban J connectivity index is 1.46. The minimum atomic E-state index is -3.58. The van der Waals surface area contributed by atoms with E-state index in [1.807, 2.05) is 48.5 Å². The highest BCUT2D eigenvalue weighted by Crippen LogP contribution is 2.24. The van der Waals surface area contributed by atoms with Crippen LogP contribution in [0.1, 0.15) is 36.4 Å². The fourth-order valence-electron chi connectivity index (χ4n) is 3.57. The molecule has 1 aliphatic heterocycles. The van der Waals surface area contributed by atoms with E-state index in [1.54, 1.807) is 0 Å². The number of benzene rings is 2. The molecule has 0 aromatic heterocycles. The van der Waals surface area contributed by atoms with E-state index in [2.05, 4.69) is 27.1 Å². The summed E-state index contributed by atoms with van der Waals surface area (Å²) in [5.74, 6) is -0.162. The van der Waals surface area contributed by atoms with Gasteiger partial charge in [0, 0.05) is 24.9 Å². The Morgan fingerprint density at radius 1 is 1.00 bits per heavy atom. The second kappa shape index (κ2) is 11.1. The van der Waals surface area contributed by atoms with Crippen LogP contribution in [0, 0.1) is 0 Å². The Bertz CT molecular complexity index is 925. The average molecular weight is 428 g/mol. The molecule has 0 saturated carbocycles. The van der Waals surface area contributed by atoms with Gasteiger partial charge >= 0.3 is 0 Å². The summed E-state index contributed by atoms with van der Waals surface area (Å²) < 4.78 is 26.6. The molecule has 0 spiro atoms. The third kappa shape index (κ3) is 7.09. The fraction of sp³-hybridized carbons (Fsp3) is 0.348. The number of rotatable bonds is 10. The topological polar surface area (TPSA) is 78.5 Å². The third-order valence-electron chi connectivity index (χ3n) is 5.15. The smallest absolute Gasteiger partial charge is 0.233 e. The predicted octanol–water partition coefficient (Wildman–Crippen LogP) is 2.92. The molecular formula is C23H29N3O3S. The maximum Gasteiger partial charge on any atom is 0.233 e. The fourth-order valence-corrected chi connectivity index (χ4v) is 4.39. The van der Waals surface area contributed by atoms with Crippen LogP contribution < -0.4 is 10.0 Å². The number of nitrogens with zero attached hydrogens (tertiary/aromatic N) is 1. The van der Waals surface area contributed by atoms with E-state index < -0.39 is 10.0 Å². The van der Waals surface area contributed by atoms with Gasteiger partial charge in [-0.2, -0.15) is 0 Å². The molecule has 1 aliphatic rings. The van der Waals surface area contributed by atoms with Gasteiger partial charge in [0.05, 0.1) is 6.04 Å². The zero-order valence-corrected chi connectivity index (χ0v) is 17.9. The van der Waals surface area contributed by atoms with Crippen molar-refractivity contribution in [2.24, 2.45) is 0 Å². The second-order valence-electron chi connectivity index (χ2n) is 7.38. The van der Waals surface area contributed by atoms with Crippen LogP contribution in [0.25, 0.3) is 6.08 Å². The van der Waals surface area contributed by atoms with Crippen molar-refractivity contribution in [2.75, 3.05) is 26.2 Å². The molecular weight excluding hydrogens is 398 g/mol. The minimum Gasteiger partial charge on any atom is -0.354 e. The van der Waals surface area contributed by atoms with Crippen LogP contribution in [-0.2, 0) is 14.8 Å². The predicted molar refractivity (Wildman–Crippen MR) is 120 cm³/mol. The van der Waals surface area contributed by atoms with Gasteiger partial charge in [0.15, 0.2) is 0 Å². The van der Waals surface area contributed by atoms with Gasteiger partial charge in [-0.15, -0.1) is 0 Å². The Morgan fingerprint density at radius 3 is 2.30 bits per heavy atom. The summed E-state index contributed by atoms with van der Waals surface area (Å²) in [4.78, 5) is 14.7. The van der Waals surface area contributed by atoms with E-state index in [0.29, 0.717) is 6.54 Å². The number of carbonyl (C=O) groups excluding carboxylic acids is 1. The molecule has 160 valence electrons. The molecule has 7 heteroatoms. The number of likely N-dealkylation sites (tertiary alicyclic amines) is 1. The van der Waals surface area contributed by atoms with Crippen molar-refractivity contribution in [3.63, 3.8) is 0 Å². The van der Waals surface area contributed by atoms with Crippen molar-refractivity contribution in [2.45, 2.75) is 25.3 Å². The largest absolute Gasteiger partial charge is 0.354 e. The van der Waals surface area contributed by atoms with Gasteiger partial charge in [0.1, 0.15) is 0 Å². The van der Waals surface area contributed by atoms with Crippen LogP contribution in [-0.4, -0.2) is 45.4 Å². The van der Waals surface area contributed by atoms with E-state index in [4.69, 9.17) is 0 Å². The standard InChI is InChI=1S/C23H29N3O3S/c27-23(13-15-25-30(28,29)18-14-20-9-3-1-4-10-20)24-19-22(26-16-7-8-17-26)21-11-5-2-6-12-21/h1-6,9-12,14,18,22,25H,7-8,13,15-17,19H2,(H,24,27)/b18-14+. The first-order chi connectivity index (χ1) is 14.5. The van der Waals surface area contributed by atoms with Gasteiger partial charge in [0.2, 0.25) is 15.9 Å². The van der Waals surface area contributed by atoms with Crippen molar-refractivity contribution in [1.29, 1.82) is 0 Å². The molecule has 1 atom stereocenters. The van der Waals surface area contributed by atoms with Gasteiger partial charge in [0.25, 0.3) is 0 Å². The molecule has 1 unspecified atom stereocenters. The van der Waals surface area contributed by atoms with Crippen LogP contribution in [0.15, 0.2) is 66.1 Å². The SMILES string of the molecule is O=C(CCNS(=O)(=O)/C=C/c1ccccc1)NCC(c1ccccc1)N1CCCC1. The summed E-state index contributed by atoms with van der Waals surface area (Å²) in [6, 6.07) is 19.5. The summed E-state index contributed by atoms with van der Waals surface area (Å²) >= 11 is 0. The Kier molecular flexibility index (Phi) is 8.19. The Labute approximate surface area is 179 Å².